The van der Waals surface area contributed by atoms with Gasteiger partial charge in [0.2, 0.25) is 5.91 Å². The number of hydrogen-bond donors (Lipinski definition) is 1. The summed E-state index contributed by atoms with van der Waals surface area (Å²) in [6.45, 7) is 6.82. The summed E-state index contributed by atoms with van der Waals surface area (Å²) in [5.41, 5.74) is 0. The highest BCUT2D eigenvalue weighted by molar-refractivity contribution is 7.45. The molecule has 0 fully saturated rings. The second kappa shape index (κ2) is 55.5. The van der Waals surface area contributed by atoms with Crippen LogP contribution in [0.1, 0.15) is 316 Å². The predicted octanol–water partition coefficient (Wildman–Crippen LogP) is 19.3. The first kappa shape index (κ1) is 73.2. The van der Waals surface area contributed by atoms with Crippen LogP contribution in [0.15, 0.2) is 36.5 Å². The Kier molecular flexibility index (Phi) is 54.2. The molecule has 75 heavy (non-hydrogen) atoms. The Hall–Kier alpha value is -1.77. The first-order valence-corrected chi connectivity index (χ1v) is 33.8. The zero-order valence-corrected chi connectivity index (χ0v) is 51.4. The molecule has 0 aliphatic carbocycles. The number of unbranched alkanes of at least 4 members (excludes halogenated alkanes) is 39. The molecule has 1 N–H and O–H groups in total. The summed E-state index contributed by atoms with van der Waals surface area (Å²) in [5.74, 6) is -0.541. The fourth-order valence-electron chi connectivity index (χ4n) is 9.50. The van der Waals surface area contributed by atoms with E-state index in [0.717, 1.165) is 83.5 Å². The Morgan fingerprint density at radius 1 is 0.453 bits per heavy atom. The van der Waals surface area contributed by atoms with E-state index in [1.807, 2.05) is 33.3 Å². The van der Waals surface area contributed by atoms with Crippen LogP contribution >= 0.6 is 7.82 Å². The van der Waals surface area contributed by atoms with Crippen molar-refractivity contribution in [2.24, 2.45) is 0 Å². The Morgan fingerprint density at radius 3 is 1.17 bits per heavy atom. The van der Waals surface area contributed by atoms with Gasteiger partial charge >= 0.3 is 5.97 Å². The molecule has 0 aromatic heterocycles. The van der Waals surface area contributed by atoms with E-state index in [2.05, 4.69) is 50.4 Å². The van der Waals surface area contributed by atoms with Crippen molar-refractivity contribution in [3.8, 4) is 0 Å². The third kappa shape index (κ3) is 56.8. The highest BCUT2D eigenvalue weighted by Gasteiger charge is 2.27. The van der Waals surface area contributed by atoms with E-state index in [-0.39, 0.29) is 31.5 Å². The third-order valence-corrected chi connectivity index (χ3v) is 15.5. The van der Waals surface area contributed by atoms with Gasteiger partial charge in [-0.25, -0.2) is 0 Å². The van der Waals surface area contributed by atoms with Gasteiger partial charge in [0.25, 0.3) is 7.82 Å². The number of allylic oxidation sites excluding steroid dienone is 5. The summed E-state index contributed by atoms with van der Waals surface area (Å²) in [6.07, 6.45) is 67.1. The van der Waals surface area contributed by atoms with Crippen LogP contribution in [0.5, 0.6) is 0 Å². The Balaban J connectivity index is 4.92. The smallest absolute Gasteiger partial charge is 0.306 e. The largest absolute Gasteiger partial charge is 0.756 e. The number of nitrogens with one attached hydrogen (secondary N) is 1. The van der Waals surface area contributed by atoms with Crippen LogP contribution in [-0.2, 0) is 27.9 Å². The van der Waals surface area contributed by atoms with Gasteiger partial charge in [-0.1, -0.05) is 263 Å². The molecule has 10 heteroatoms. The summed E-state index contributed by atoms with van der Waals surface area (Å²) in [7, 11) is 1.19. The third-order valence-electron chi connectivity index (χ3n) is 14.5. The molecule has 0 aromatic rings. The monoisotopic (exact) mass is 1080 g/mol. The molecule has 3 atom stereocenters. The number of hydrogen-bond acceptors (Lipinski definition) is 7. The SMILES string of the molecule is CCCC/C=C\CCCCCCCC(=O)OC(/C=C\CCCCCCCCCCC)C(COP(=O)([O-])OCC[N+](C)(C)C)NC(=O)CCCCCCCCCCCCCCCCCCC/C=C/CCCCCCCC. The van der Waals surface area contributed by atoms with Crippen LogP contribution in [0.4, 0.5) is 0 Å². The number of amides is 1. The number of carbonyl (C=O) groups excluding carboxylic acids is 2. The molecule has 442 valence electrons. The maximum absolute atomic E-state index is 13.5. The van der Waals surface area contributed by atoms with Crippen molar-refractivity contribution in [1.82, 2.24) is 5.32 Å². The number of ether oxygens (including phenoxy) is 1. The van der Waals surface area contributed by atoms with Crippen LogP contribution in [0, 0.1) is 0 Å². The zero-order valence-electron chi connectivity index (χ0n) is 50.5. The van der Waals surface area contributed by atoms with Gasteiger partial charge in [0.1, 0.15) is 19.3 Å². The van der Waals surface area contributed by atoms with Gasteiger partial charge in [0.05, 0.1) is 33.8 Å². The van der Waals surface area contributed by atoms with E-state index < -0.39 is 20.0 Å². The number of likely N-dealkylation sites (N-methyl/N-ethyl adjacent to an activating group) is 1. The van der Waals surface area contributed by atoms with Crippen molar-refractivity contribution in [3.05, 3.63) is 36.5 Å². The lowest BCUT2D eigenvalue weighted by atomic mass is 10.0. The number of carbonyl (C=O) groups is 2. The number of rotatable bonds is 59. The normalized spacial score (nSPS) is 13.9. The minimum Gasteiger partial charge on any atom is -0.756 e. The summed E-state index contributed by atoms with van der Waals surface area (Å²) < 4.78 is 30.3. The second-order valence-electron chi connectivity index (χ2n) is 23.3. The number of phosphoric acid groups is 1. The molecule has 0 aromatic carbocycles. The molecule has 0 heterocycles. The van der Waals surface area contributed by atoms with E-state index in [1.165, 1.54) is 199 Å². The van der Waals surface area contributed by atoms with Crippen LogP contribution in [0.2, 0.25) is 0 Å². The van der Waals surface area contributed by atoms with E-state index >= 15 is 0 Å². The van der Waals surface area contributed by atoms with Crippen molar-refractivity contribution in [1.29, 1.82) is 0 Å². The highest BCUT2D eigenvalue weighted by atomic mass is 31.2. The Morgan fingerprint density at radius 2 is 0.787 bits per heavy atom. The number of esters is 1. The topological polar surface area (TPSA) is 114 Å². The molecule has 1 amide bonds. The van der Waals surface area contributed by atoms with Crippen LogP contribution in [0.25, 0.3) is 0 Å². The summed E-state index contributed by atoms with van der Waals surface area (Å²) in [5, 5.41) is 3.03. The van der Waals surface area contributed by atoms with Crippen LogP contribution in [-0.4, -0.2) is 69.4 Å². The van der Waals surface area contributed by atoms with Crippen LogP contribution < -0.4 is 10.2 Å². The van der Waals surface area contributed by atoms with E-state index in [4.69, 9.17) is 13.8 Å². The van der Waals surface area contributed by atoms with Gasteiger partial charge in [-0.05, 0) is 76.7 Å². The Bertz CT molecular complexity index is 1380. The minimum absolute atomic E-state index is 0.0214. The van der Waals surface area contributed by atoms with E-state index in [1.54, 1.807) is 0 Å². The van der Waals surface area contributed by atoms with E-state index in [9.17, 15) is 19.0 Å². The molecule has 0 radical (unpaired) electrons. The molecule has 9 nitrogen and oxygen atoms in total. The number of phosphoric ester groups is 1. The van der Waals surface area contributed by atoms with Gasteiger partial charge in [-0.2, -0.15) is 0 Å². The van der Waals surface area contributed by atoms with Crippen molar-refractivity contribution >= 4 is 19.7 Å². The fraction of sp³-hybridized carbons (Fsp3) is 0.877. The van der Waals surface area contributed by atoms with Gasteiger partial charge in [-0.15, -0.1) is 0 Å². The zero-order chi connectivity index (χ0) is 55.0. The minimum atomic E-state index is -4.69. The quantitative estimate of drug-likeness (QED) is 0.0212. The van der Waals surface area contributed by atoms with Crippen LogP contribution in [0.3, 0.4) is 0 Å². The summed E-state index contributed by atoms with van der Waals surface area (Å²) >= 11 is 0. The molecule has 0 aliphatic rings. The molecular formula is C65H125N2O7P. The fourth-order valence-corrected chi connectivity index (χ4v) is 10.2. The second-order valence-corrected chi connectivity index (χ2v) is 24.7. The lowest BCUT2D eigenvalue weighted by molar-refractivity contribution is -0.870. The first-order chi connectivity index (χ1) is 36.4. The average molecular weight is 1080 g/mol. The Labute approximate surface area is 466 Å². The van der Waals surface area contributed by atoms with Gasteiger partial charge < -0.3 is 28.5 Å². The lowest BCUT2D eigenvalue weighted by Gasteiger charge is -2.30. The molecular weight excluding hydrogens is 952 g/mol. The standard InChI is InChI=1S/C65H125N2O7P/c1-7-10-13-16-19-22-25-26-27-28-29-30-31-32-33-34-35-36-37-38-39-40-43-45-48-51-54-57-64(68)66-62(61-73-75(70,71)72-60-59-67(4,5)6)63(56-53-50-47-44-41-23-20-17-14-11-8-2)74-65(69)58-55-52-49-46-42-24-21-18-15-12-9-3/h18,21,26-27,53,56,62-63H,7-17,19-20,22-25,28-52,54-55,57-61H2,1-6H3,(H-,66,68,70,71)/b21-18-,27-26+,56-53-. The molecule has 0 aliphatic heterocycles. The molecule has 0 spiro atoms. The molecule has 0 bridgehead atoms. The van der Waals surface area contributed by atoms with Crippen molar-refractivity contribution in [2.45, 2.75) is 328 Å². The van der Waals surface area contributed by atoms with Crippen molar-refractivity contribution in [3.63, 3.8) is 0 Å². The molecule has 0 saturated heterocycles. The van der Waals surface area contributed by atoms with Gasteiger partial charge in [0, 0.05) is 12.8 Å². The van der Waals surface area contributed by atoms with Gasteiger partial charge in [-0.3, -0.25) is 14.2 Å². The lowest BCUT2D eigenvalue weighted by Crippen LogP contribution is -2.47. The number of quaternary nitrogens is 1. The summed E-state index contributed by atoms with van der Waals surface area (Å²) in [6, 6.07) is -0.887. The maximum atomic E-state index is 13.5. The molecule has 3 unspecified atom stereocenters. The van der Waals surface area contributed by atoms with E-state index in [0.29, 0.717) is 17.4 Å². The van der Waals surface area contributed by atoms with Crippen molar-refractivity contribution < 1.29 is 37.3 Å². The number of nitrogens with zero attached hydrogens (tertiary/aromatic N) is 1. The average Bonchev–Trinajstić information content (AvgIpc) is 3.37. The highest BCUT2D eigenvalue weighted by Crippen LogP contribution is 2.38. The predicted molar refractivity (Wildman–Crippen MR) is 321 cm³/mol. The van der Waals surface area contributed by atoms with Gasteiger partial charge in [0.15, 0.2) is 0 Å². The van der Waals surface area contributed by atoms with Crippen molar-refractivity contribution in [2.75, 3.05) is 40.9 Å². The first-order valence-electron chi connectivity index (χ1n) is 32.3. The maximum Gasteiger partial charge on any atom is 0.306 e. The summed E-state index contributed by atoms with van der Waals surface area (Å²) in [4.78, 5) is 39.9. The molecule has 0 saturated carbocycles. The molecule has 0 rings (SSSR count).